The van der Waals surface area contributed by atoms with Gasteiger partial charge in [0.2, 0.25) is 0 Å². The van der Waals surface area contributed by atoms with Gasteiger partial charge in [-0.15, -0.1) is 0 Å². The number of anilines is 1. The lowest BCUT2D eigenvalue weighted by Gasteiger charge is -2.22. The molecule has 3 rings (SSSR count). The predicted octanol–water partition coefficient (Wildman–Crippen LogP) is 2.68. The van der Waals surface area contributed by atoms with Crippen molar-refractivity contribution in [3.8, 4) is 5.75 Å². The standard InChI is InChI=1S/C17H15N3O4/c1-24-15-5-2-12(3-6-15)17(21)19-9-8-18-11-13-10-14(20(22)23)4-7-16(13)19/h2-7,10-11H,8-9H2,1H3. The molecule has 1 aliphatic heterocycles. The Hall–Kier alpha value is -3.22. The van der Waals surface area contributed by atoms with Crippen LogP contribution in [0.15, 0.2) is 47.5 Å². The summed E-state index contributed by atoms with van der Waals surface area (Å²) in [6.45, 7) is 0.844. The number of fused-ring (bicyclic) bond motifs is 1. The van der Waals surface area contributed by atoms with E-state index in [9.17, 15) is 14.9 Å². The summed E-state index contributed by atoms with van der Waals surface area (Å²) in [6.07, 6.45) is 1.57. The van der Waals surface area contributed by atoms with Gasteiger partial charge in [0.1, 0.15) is 5.75 Å². The van der Waals surface area contributed by atoms with E-state index in [0.29, 0.717) is 35.7 Å². The van der Waals surface area contributed by atoms with Crippen LogP contribution in [0.5, 0.6) is 5.75 Å². The van der Waals surface area contributed by atoms with Gasteiger partial charge < -0.3 is 9.64 Å². The van der Waals surface area contributed by atoms with Crippen LogP contribution in [0.2, 0.25) is 0 Å². The van der Waals surface area contributed by atoms with Crippen LogP contribution < -0.4 is 9.64 Å². The number of benzodiazepines with no additional fused rings is 1. The summed E-state index contributed by atoms with van der Waals surface area (Å²) in [6, 6.07) is 11.2. The smallest absolute Gasteiger partial charge is 0.270 e. The van der Waals surface area contributed by atoms with Gasteiger partial charge in [0.25, 0.3) is 11.6 Å². The van der Waals surface area contributed by atoms with Crippen molar-refractivity contribution in [2.45, 2.75) is 0 Å². The molecule has 122 valence electrons. The van der Waals surface area contributed by atoms with Gasteiger partial charge in [-0.2, -0.15) is 0 Å². The van der Waals surface area contributed by atoms with E-state index in [4.69, 9.17) is 4.74 Å². The number of nitro groups is 1. The summed E-state index contributed by atoms with van der Waals surface area (Å²) < 4.78 is 5.10. The van der Waals surface area contributed by atoms with Crippen LogP contribution in [0.1, 0.15) is 15.9 Å². The zero-order valence-electron chi connectivity index (χ0n) is 13.0. The lowest BCUT2D eigenvalue weighted by molar-refractivity contribution is -0.384. The fourth-order valence-electron chi connectivity index (χ4n) is 2.55. The number of rotatable bonds is 3. The minimum Gasteiger partial charge on any atom is -0.497 e. The molecule has 0 fully saturated rings. The van der Waals surface area contributed by atoms with Gasteiger partial charge in [0, 0.05) is 36.0 Å². The van der Waals surface area contributed by atoms with E-state index in [2.05, 4.69) is 4.99 Å². The number of nitrogens with zero attached hydrogens (tertiary/aromatic N) is 3. The highest BCUT2D eigenvalue weighted by atomic mass is 16.6. The monoisotopic (exact) mass is 325 g/mol. The average Bonchev–Trinajstić information content (AvgIpc) is 2.83. The third kappa shape index (κ3) is 2.96. The van der Waals surface area contributed by atoms with Crippen LogP contribution in [0, 0.1) is 10.1 Å². The third-order valence-corrected chi connectivity index (χ3v) is 3.78. The van der Waals surface area contributed by atoms with Gasteiger partial charge in [-0.05, 0) is 30.3 Å². The second kappa shape index (κ2) is 6.49. The second-order valence-electron chi connectivity index (χ2n) is 5.22. The Labute approximate surface area is 138 Å². The van der Waals surface area contributed by atoms with E-state index in [1.807, 2.05) is 0 Å². The molecular weight excluding hydrogens is 310 g/mol. The predicted molar refractivity (Wildman–Crippen MR) is 90.2 cm³/mol. The molecule has 2 aromatic carbocycles. The summed E-state index contributed by atoms with van der Waals surface area (Å²) >= 11 is 0. The zero-order chi connectivity index (χ0) is 17.1. The molecule has 0 aromatic heterocycles. The highest BCUT2D eigenvalue weighted by molar-refractivity contribution is 6.09. The maximum Gasteiger partial charge on any atom is 0.270 e. The van der Waals surface area contributed by atoms with Gasteiger partial charge in [0.15, 0.2) is 0 Å². The number of benzene rings is 2. The number of carbonyl (C=O) groups excluding carboxylic acids is 1. The van der Waals surface area contributed by atoms with E-state index in [-0.39, 0.29) is 11.6 Å². The maximum atomic E-state index is 12.8. The minimum absolute atomic E-state index is 0.0288. The van der Waals surface area contributed by atoms with Crippen LogP contribution in [0.25, 0.3) is 0 Å². The first-order valence-corrected chi connectivity index (χ1v) is 7.34. The molecule has 0 bridgehead atoms. The Balaban J connectivity index is 1.97. The topological polar surface area (TPSA) is 85.0 Å². The number of amides is 1. The number of hydrogen-bond acceptors (Lipinski definition) is 5. The molecule has 7 nitrogen and oxygen atoms in total. The molecule has 1 amide bonds. The number of nitro benzene ring substituents is 1. The molecule has 0 unspecified atom stereocenters. The number of ether oxygens (including phenoxy) is 1. The lowest BCUT2D eigenvalue weighted by atomic mass is 10.1. The van der Waals surface area contributed by atoms with Crippen molar-refractivity contribution in [1.82, 2.24) is 0 Å². The van der Waals surface area contributed by atoms with E-state index >= 15 is 0 Å². The Kier molecular flexibility index (Phi) is 4.24. The maximum absolute atomic E-state index is 12.8. The molecule has 7 heteroatoms. The van der Waals surface area contributed by atoms with Crippen molar-refractivity contribution in [3.05, 3.63) is 63.7 Å². The number of carbonyl (C=O) groups is 1. The van der Waals surface area contributed by atoms with Crippen molar-refractivity contribution in [3.63, 3.8) is 0 Å². The Morgan fingerprint density at radius 1 is 1.25 bits per heavy atom. The molecule has 1 aliphatic rings. The lowest BCUT2D eigenvalue weighted by Crippen LogP contribution is -2.33. The van der Waals surface area contributed by atoms with Gasteiger partial charge >= 0.3 is 0 Å². The van der Waals surface area contributed by atoms with Crippen LogP contribution in [-0.2, 0) is 0 Å². The summed E-state index contributed by atoms with van der Waals surface area (Å²) in [7, 11) is 1.56. The van der Waals surface area contributed by atoms with E-state index < -0.39 is 4.92 Å². The first-order chi connectivity index (χ1) is 11.6. The van der Waals surface area contributed by atoms with Crippen LogP contribution in [0.3, 0.4) is 0 Å². The zero-order valence-corrected chi connectivity index (χ0v) is 13.0. The Morgan fingerprint density at radius 2 is 2.00 bits per heavy atom. The number of methoxy groups -OCH3 is 1. The van der Waals surface area contributed by atoms with Crippen molar-refractivity contribution in [1.29, 1.82) is 0 Å². The number of non-ortho nitro benzene ring substituents is 1. The van der Waals surface area contributed by atoms with Gasteiger partial charge in [-0.1, -0.05) is 0 Å². The van der Waals surface area contributed by atoms with E-state index in [1.54, 1.807) is 48.6 Å². The summed E-state index contributed by atoms with van der Waals surface area (Å²) in [5, 5.41) is 10.9. The quantitative estimate of drug-likeness (QED) is 0.641. The van der Waals surface area contributed by atoms with Crippen molar-refractivity contribution in [2.75, 3.05) is 25.1 Å². The molecule has 24 heavy (non-hydrogen) atoms. The molecule has 0 aliphatic carbocycles. The van der Waals surface area contributed by atoms with Gasteiger partial charge in [0.05, 0.1) is 24.3 Å². The summed E-state index contributed by atoms with van der Waals surface area (Å²) in [4.78, 5) is 29.1. The molecule has 0 N–H and O–H groups in total. The fraction of sp³-hybridized carbons (Fsp3) is 0.176. The first-order valence-electron chi connectivity index (χ1n) is 7.34. The number of aliphatic imine (C=N–C) groups is 1. The molecule has 0 radical (unpaired) electrons. The van der Waals surface area contributed by atoms with E-state index in [0.717, 1.165) is 0 Å². The van der Waals surface area contributed by atoms with Crippen molar-refractivity contribution >= 4 is 23.5 Å². The Bertz CT molecular complexity index is 815. The van der Waals surface area contributed by atoms with Crippen molar-refractivity contribution in [2.24, 2.45) is 4.99 Å². The summed E-state index contributed by atoms with van der Waals surface area (Å²) in [5.41, 5.74) is 1.66. The van der Waals surface area contributed by atoms with Gasteiger partial charge in [-0.3, -0.25) is 19.9 Å². The van der Waals surface area contributed by atoms with Crippen LogP contribution >= 0.6 is 0 Å². The highest BCUT2D eigenvalue weighted by Crippen LogP contribution is 2.27. The molecule has 0 atom stereocenters. The van der Waals surface area contributed by atoms with Crippen LogP contribution in [0.4, 0.5) is 11.4 Å². The molecule has 0 saturated carbocycles. The normalized spacial score (nSPS) is 13.1. The van der Waals surface area contributed by atoms with Gasteiger partial charge in [-0.25, -0.2) is 0 Å². The first kappa shape index (κ1) is 15.7. The largest absolute Gasteiger partial charge is 0.497 e. The third-order valence-electron chi connectivity index (χ3n) is 3.78. The molecule has 0 saturated heterocycles. The Morgan fingerprint density at radius 3 is 2.67 bits per heavy atom. The van der Waals surface area contributed by atoms with Crippen molar-refractivity contribution < 1.29 is 14.5 Å². The second-order valence-corrected chi connectivity index (χ2v) is 5.22. The molecule has 1 heterocycles. The minimum atomic E-state index is -0.464. The van der Waals surface area contributed by atoms with E-state index in [1.165, 1.54) is 12.1 Å². The SMILES string of the molecule is COc1ccc(C(=O)N2CCN=Cc3cc([N+](=O)[O-])ccc32)cc1. The highest BCUT2D eigenvalue weighted by Gasteiger charge is 2.23. The fourth-order valence-corrected chi connectivity index (χ4v) is 2.55. The summed E-state index contributed by atoms with van der Waals surface area (Å²) in [5.74, 6) is 0.486. The molecular formula is C17H15N3O4. The van der Waals surface area contributed by atoms with Crippen LogP contribution in [-0.4, -0.2) is 37.2 Å². The molecule has 0 spiro atoms. The molecule has 2 aromatic rings. The average molecular weight is 325 g/mol. The number of hydrogen-bond donors (Lipinski definition) is 0.